The summed E-state index contributed by atoms with van der Waals surface area (Å²) < 4.78 is 10.4. The second-order valence-corrected chi connectivity index (χ2v) is 5.52. The largest absolute Gasteiger partial charge is 0.493 e. The number of anilines is 1. The predicted molar refractivity (Wildman–Crippen MR) is 91.2 cm³/mol. The summed E-state index contributed by atoms with van der Waals surface area (Å²) in [6.07, 6.45) is 2.05. The van der Waals surface area contributed by atoms with Crippen LogP contribution in [0.15, 0.2) is 42.5 Å². The van der Waals surface area contributed by atoms with Crippen LogP contribution in [0.2, 0.25) is 0 Å². The van der Waals surface area contributed by atoms with Crippen molar-refractivity contribution in [3.63, 3.8) is 0 Å². The van der Waals surface area contributed by atoms with Gasteiger partial charge >= 0.3 is 0 Å². The summed E-state index contributed by atoms with van der Waals surface area (Å²) in [4.78, 5) is 12.2. The van der Waals surface area contributed by atoms with Gasteiger partial charge in [0.25, 0.3) is 5.91 Å². The number of carbonyl (C=O) groups excluding carboxylic acids is 1. The summed E-state index contributed by atoms with van der Waals surface area (Å²) in [5.74, 6) is 2.00. The Balaban J connectivity index is 2.11. The fourth-order valence-corrected chi connectivity index (χ4v) is 2.56. The molecule has 0 saturated heterocycles. The summed E-state index contributed by atoms with van der Waals surface area (Å²) >= 11 is 1.75. The molecule has 0 aromatic heterocycles. The second-order valence-electron chi connectivity index (χ2n) is 4.65. The number of thioether (sulfide) groups is 1. The van der Waals surface area contributed by atoms with Gasteiger partial charge in [-0.25, -0.2) is 0 Å². The van der Waals surface area contributed by atoms with Gasteiger partial charge in [-0.1, -0.05) is 12.1 Å². The number of amides is 1. The molecule has 2 aromatic carbocycles. The molecular formula is C17H19NO3S. The molecule has 0 aliphatic carbocycles. The molecule has 22 heavy (non-hydrogen) atoms. The molecule has 0 aliphatic rings. The zero-order valence-electron chi connectivity index (χ0n) is 12.9. The number of rotatable bonds is 6. The van der Waals surface area contributed by atoms with Crippen molar-refractivity contribution in [1.82, 2.24) is 0 Å². The summed E-state index contributed by atoms with van der Waals surface area (Å²) in [7, 11) is 3.14. The van der Waals surface area contributed by atoms with E-state index in [1.165, 1.54) is 5.56 Å². The van der Waals surface area contributed by atoms with E-state index in [4.69, 9.17) is 9.47 Å². The van der Waals surface area contributed by atoms with Gasteiger partial charge in [0.2, 0.25) is 0 Å². The Bertz CT molecular complexity index is 641. The van der Waals surface area contributed by atoms with Gasteiger partial charge < -0.3 is 14.8 Å². The summed E-state index contributed by atoms with van der Waals surface area (Å²) in [6.45, 7) is 0. The lowest BCUT2D eigenvalue weighted by molar-refractivity contribution is 0.102. The zero-order valence-corrected chi connectivity index (χ0v) is 13.7. The molecule has 0 radical (unpaired) electrons. The lowest BCUT2D eigenvalue weighted by atomic mass is 10.1. The first-order chi connectivity index (χ1) is 10.7. The monoisotopic (exact) mass is 317 g/mol. The van der Waals surface area contributed by atoms with Crippen LogP contribution >= 0.6 is 11.8 Å². The van der Waals surface area contributed by atoms with Crippen LogP contribution in [-0.4, -0.2) is 26.4 Å². The molecule has 2 aromatic rings. The van der Waals surface area contributed by atoms with E-state index in [1.54, 1.807) is 44.2 Å². The lowest BCUT2D eigenvalue weighted by Gasteiger charge is -2.10. The third kappa shape index (κ3) is 3.95. The number of hydrogen-bond acceptors (Lipinski definition) is 4. The van der Waals surface area contributed by atoms with Crippen molar-refractivity contribution in [2.45, 2.75) is 5.75 Å². The average molecular weight is 317 g/mol. The summed E-state index contributed by atoms with van der Waals surface area (Å²) in [5, 5.41) is 2.86. The van der Waals surface area contributed by atoms with Crippen LogP contribution < -0.4 is 14.8 Å². The SMILES string of the molecule is COc1ccc(NC(=O)c2ccc(CSC)cc2)cc1OC. The molecule has 0 fully saturated rings. The molecule has 0 saturated carbocycles. The van der Waals surface area contributed by atoms with Crippen LogP contribution in [0, 0.1) is 0 Å². The molecule has 2 rings (SSSR count). The highest BCUT2D eigenvalue weighted by molar-refractivity contribution is 7.97. The molecule has 0 atom stereocenters. The molecule has 1 amide bonds. The number of hydrogen-bond donors (Lipinski definition) is 1. The smallest absolute Gasteiger partial charge is 0.255 e. The molecule has 0 unspecified atom stereocenters. The van der Waals surface area contributed by atoms with Gasteiger partial charge in [-0.3, -0.25) is 4.79 Å². The molecule has 116 valence electrons. The van der Waals surface area contributed by atoms with Crippen molar-refractivity contribution in [2.24, 2.45) is 0 Å². The van der Waals surface area contributed by atoms with Gasteiger partial charge in [0.05, 0.1) is 14.2 Å². The van der Waals surface area contributed by atoms with Gasteiger partial charge in [0.15, 0.2) is 11.5 Å². The van der Waals surface area contributed by atoms with E-state index < -0.39 is 0 Å². The Labute approximate surface area is 134 Å². The topological polar surface area (TPSA) is 47.6 Å². The number of benzene rings is 2. The van der Waals surface area contributed by atoms with Gasteiger partial charge in [0.1, 0.15) is 0 Å². The summed E-state index contributed by atoms with van der Waals surface area (Å²) in [5.41, 5.74) is 2.49. The predicted octanol–water partition coefficient (Wildman–Crippen LogP) is 3.82. The van der Waals surface area contributed by atoms with E-state index in [9.17, 15) is 4.79 Å². The van der Waals surface area contributed by atoms with Gasteiger partial charge in [-0.05, 0) is 36.1 Å². The maximum absolute atomic E-state index is 12.2. The Kier molecular flexibility index (Phi) is 5.72. The fourth-order valence-electron chi connectivity index (χ4n) is 2.04. The third-order valence-electron chi connectivity index (χ3n) is 3.17. The highest BCUT2D eigenvalue weighted by Gasteiger charge is 2.09. The Hall–Kier alpha value is -2.14. The van der Waals surface area contributed by atoms with Crippen LogP contribution in [0.5, 0.6) is 11.5 Å². The van der Waals surface area contributed by atoms with Crippen LogP contribution in [-0.2, 0) is 5.75 Å². The maximum atomic E-state index is 12.2. The number of carbonyl (C=O) groups is 1. The molecule has 0 aliphatic heterocycles. The minimum absolute atomic E-state index is 0.150. The van der Waals surface area contributed by atoms with E-state index in [1.807, 2.05) is 24.3 Å². The van der Waals surface area contributed by atoms with E-state index in [-0.39, 0.29) is 5.91 Å². The highest BCUT2D eigenvalue weighted by atomic mass is 32.2. The first-order valence-electron chi connectivity index (χ1n) is 6.79. The van der Waals surface area contributed by atoms with E-state index >= 15 is 0 Å². The number of ether oxygens (including phenoxy) is 2. The highest BCUT2D eigenvalue weighted by Crippen LogP contribution is 2.29. The average Bonchev–Trinajstić information content (AvgIpc) is 2.55. The first-order valence-corrected chi connectivity index (χ1v) is 8.18. The van der Waals surface area contributed by atoms with Crippen LogP contribution in [0.25, 0.3) is 0 Å². The Morgan fingerprint density at radius 2 is 1.73 bits per heavy atom. The normalized spacial score (nSPS) is 10.1. The molecule has 1 N–H and O–H groups in total. The van der Waals surface area contributed by atoms with Crippen molar-refractivity contribution in [3.05, 3.63) is 53.6 Å². The minimum atomic E-state index is -0.150. The van der Waals surface area contributed by atoms with Crippen LogP contribution in [0.1, 0.15) is 15.9 Å². The van der Waals surface area contributed by atoms with Crippen molar-refractivity contribution in [2.75, 3.05) is 25.8 Å². The Morgan fingerprint density at radius 3 is 2.32 bits per heavy atom. The molecular weight excluding hydrogens is 298 g/mol. The van der Waals surface area contributed by atoms with E-state index in [0.29, 0.717) is 22.7 Å². The lowest BCUT2D eigenvalue weighted by Crippen LogP contribution is -2.12. The van der Waals surface area contributed by atoms with E-state index in [2.05, 4.69) is 11.6 Å². The molecule has 0 bridgehead atoms. The van der Waals surface area contributed by atoms with Crippen molar-refractivity contribution in [3.8, 4) is 11.5 Å². The first kappa shape index (κ1) is 16.2. The number of nitrogens with one attached hydrogen (secondary N) is 1. The molecule has 4 nitrogen and oxygen atoms in total. The second kappa shape index (κ2) is 7.75. The van der Waals surface area contributed by atoms with Gasteiger partial charge in [-0.15, -0.1) is 0 Å². The standard InChI is InChI=1S/C17H19NO3S/c1-20-15-9-8-14(10-16(15)21-2)18-17(19)13-6-4-12(5-7-13)11-22-3/h4-10H,11H2,1-3H3,(H,18,19). The molecule has 5 heteroatoms. The minimum Gasteiger partial charge on any atom is -0.493 e. The fraction of sp³-hybridized carbons (Fsp3) is 0.235. The number of methoxy groups -OCH3 is 2. The Morgan fingerprint density at radius 1 is 1.05 bits per heavy atom. The van der Waals surface area contributed by atoms with Crippen molar-refractivity contribution in [1.29, 1.82) is 0 Å². The van der Waals surface area contributed by atoms with Crippen LogP contribution in [0.3, 0.4) is 0 Å². The van der Waals surface area contributed by atoms with Crippen molar-refractivity contribution >= 4 is 23.4 Å². The molecule has 0 spiro atoms. The van der Waals surface area contributed by atoms with E-state index in [0.717, 1.165) is 5.75 Å². The third-order valence-corrected chi connectivity index (χ3v) is 3.79. The van der Waals surface area contributed by atoms with Gasteiger partial charge in [0, 0.05) is 23.1 Å². The van der Waals surface area contributed by atoms with Crippen LogP contribution in [0.4, 0.5) is 5.69 Å². The van der Waals surface area contributed by atoms with Gasteiger partial charge in [-0.2, -0.15) is 11.8 Å². The van der Waals surface area contributed by atoms with Crippen molar-refractivity contribution < 1.29 is 14.3 Å². The summed E-state index contributed by atoms with van der Waals surface area (Å²) in [6, 6.07) is 12.9. The zero-order chi connectivity index (χ0) is 15.9. The maximum Gasteiger partial charge on any atom is 0.255 e. The quantitative estimate of drug-likeness (QED) is 0.880. The molecule has 0 heterocycles.